The number of rotatable bonds is 7. The van der Waals surface area contributed by atoms with E-state index in [1.165, 1.54) is 5.01 Å². The number of hydrazine groups is 1. The molecule has 1 heterocycles. The van der Waals surface area contributed by atoms with Crippen LogP contribution in [0, 0.1) is 0 Å². The van der Waals surface area contributed by atoms with Gasteiger partial charge in [-0.3, -0.25) is 15.0 Å². The number of unbranched alkanes of at least 4 members (excludes halogenated alkanes) is 1. The lowest BCUT2D eigenvalue weighted by Crippen LogP contribution is -2.53. The van der Waals surface area contributed by atoms with Gasteiger partial charge in [-0.25, -0.2) is 5.01 Å². The number of carbonyl (C=O) groups is 2. The number of hydrogen-bond acceptors (Lipinski definition) is 4. The summed E-state index contributed by atoms with van der Waals surface area (Å²) in [4.78, 5) is 26.3. The summed E-state index contributed by atoms with van der Waals surface area (Å²) in [5, 5.41) is 4.71. The second-order valence-electron chi connectivity index (χ2n) is 7.46. The number of halogens is 1. The van der Waals surface area contributed by atoms with Gasteiger partial charge in [0.1, 0.15) is 11.9 Å². The van der Waals surface area contributed by atoms with Gasteiger partial charge in [-0.15, -0.1) is 0 Å². The zero-order valence-corrected chi connectivity index (χ0v) is 19.3. The zero-order chi connectivity index (χ0) is 22.5. The maximum absolute atomic E-state index is 13.3. The molecule has 0 bridgehead atoms. The standard InChI is InChI=1S/C25H24BrN3O3/c1-2-3-16-32-18-14-12-17(13-15-18)24(30)28-29-23(19-8-4-6-10-21(19)26)27-22-11-7-5-9-20(22)25(29)31/h4-15,23,27H,2-3,16H2,1H3,(H,28,30). The van der Waals surface area contributed by atoms with Crippen molar-refractivity contribution in [3.05, 3.63) is 94.0 Å². The van der Waals surface area contributed by atoms with Gasteiger partial charge < -0.3 is 10.1 Å². The number of amides is 2. The van der Waals surface area contributed by atoms with Crippen LogP contribution in [0.2, 0.25) is 0 Å². The van der Waals surface area contributed by atoms with Crippen molar-refractivity contribution in [2.75, 3.05) is 11.9 Å². The third-order valence-corrected chi connectivity index (χ3v) is 5.95. The molecular formula is C25H24BrN3O3. The highest BCUT2D eigenvalue weighted by atomic mass is 79.9. The lowest BCUT2D eigenvalue weighted by atomic mass is 10.0. The molecule has 0 saturated carbocycles. The Morgan fingerprint density at radius 3 is 2.53 bits per heavy atom. The molecule has 6 nitrogen and oxygen atoms in total. The van der Waals surface area contributed by atoms with E-state index in [9.17, 15) is 9.59 Å². The van der Waals surface area contributed by atoms with Crippen molar-refractivity contribution in [3.8, 4) is 5.75 Å². The lowest BCUT2D eigenvalue weighted by molar-refractivity contribution is 0.0490. The molecule has 2 N–H and O–H groups in total. The van der Waals surface area contributed by atoms with Crippen LogP contribution >= 0.6 is 15.9 Å². The minimum Gasteiger partial charge on any atom is -0.494 e. The molecule has 0 saturated heterocycles. The summed E-state index contributed by atoms with van der Waals surface area (Å²) in [7, 11) is 0. The molecule has 0 fully saturated rings. The van der Waals surface area contributed by atoms with Crippen LogP contribution in [0.3, 0.4) is 0 Å². The van der Waals surface area contributed by atoms with Crippen LogP contribution in [0.4, 0.5) is 5.69 Å². The molecule has 3 aromatic carbocycles. The third-order valence-electron chi connectivity index (χ3n) is 5.23. The van der Waals surface area contributed by atoms with Crippen LogP contribution < -0.4 is 15.5 Å². The Kier molecular flexibility index (Phi) is 6.75. The van der Waals surface area contributed by atoms with Crippen LogP contribution in [0.5, 0.6) is 5.75 Å². The maximum Gasteiger partial charge on any atom is 0.276 e. The number of nitrogens with one attached hydrogen (secondary N) is 2. The van der Waals surface area contributed by atoms with Gasteiger partial charge in [0, 0.05) is 21.3 Å². The van der Waals surface area contributed by atoms with E-state index >= 15 is 0 Å². The lowest BCUT2D eigenvalue weighted by Gasteiger charge is -2.38. The third kappa shape index (κ3) is 4.62. The first-order chi connectivity index (χ1) is 15.6. The highest BCUT2D eigenvalue weighted by molar-refractivity contribution is 9.10. The van der Waals surface area contributed by atoms with Crippen molar-refractivity contribution in [3.63, 3.8) is 0 Å². The molecule has 7 heteroatoms. The first-order valence-corrected chi connectivity index (χ1v) is 11.3. The average molecular weight is 494 g/mol. The van der Waals surface area contributed by atoms with E-state index in [1.54, 1.807) is 36.4 Å². The Balaban J connectivity index is 1.59. The van der Waals surface area contributed by atoms with E-state index in [0.717, 1.165) is 28.6 Å². The molecule has 1 aliphatic rings. The summed E-state index contributed by atoms with van der Waals surface area (Å²) in [5.74, 6) is 0.0513. The second-order valence-corrected chi connectivity index (χ2v) is 8.31. The molecular weight excluding hydrogens is 470 g/mol. The summed E-state index contributed by atoms with van der Waals surface area (Å²) in [6.07, 6.45) is 1.46. The fourth-order valence-electron chi connectivity index (χ4n) is 3.49. The molecule has 32 heavy (non-hydrogen) atoms. The van der Waals surface area contributed by atoms with Gasteiger partial charge in [0.05, 0.1) is 12.2 Å². The average Bonchev–Trinajstić information content (AvgIpc) is 2.82. The molecule has 0 spiro atoms. The number of nitrogens with zero attached hydrogens (tertiary/aromatic N) is 1. The number of para-hydroxylation sites is 1. The van der Waals surface area contributed by atoms with Gasteiger partial charge in [0.2, 0.25) is 0 Å². The number of anilines is 1. The molecule has 4 rings (SSSR count). The Morgan fingerprint density at radius 2 is 1.78 bits per heavy atom. The first kappa shape index (κ1) is 21.9. The summed E-state index contributed by atoms with van der Waals surface area (Å²) in [6.45, 7) is 2.75. The fraction of sp³-hybridized carbons (Fsp3) is 0.200. The molecule has 1 unspecified atom stereocenters. The summed E-state index contributed by atoms with van der Waals surface area (Å²) in [5.41, 5.74) is 5.27. The molecule has 1 aliphatic heterocycles. The normalized spacial score (nSPS) is 15.0. The van der Waals surface area contributed by atoms with Crippen LogP contribution in [0.1, 0.15) is 52.2 Å². The summed E-state index contributed by atoms with van der Waals surface area (Å²) < 4.78 is 6.49. The van der Waals surface area contributed by atoms with Gasteiger partial charge in [0.15, 0.2) is 0 Å². The number of benzene rings is 3. The topological polar surface area (TPSA) is 70.7 Å². The van der Waals surface area contributed by atoms with Crippen molar-refractivity contribution in [1.29, 1.82) is 0 Å². The van der Waals surface area contributed by atoms with Crippen molar-refractivity contribution in [2.24, 2.45) is 0 Å². The summed E-state index contributed by atoms with van der Waals surface area (Å²) >= 11 is 3.56. The van der Waals surface area contributed by atoms with Crippen molar-refractivity contribution in [1.82, 2.24) is 10.4 Å². The molecule has 164 valence electrons. The van der Waals surface area contributed by atoms with E-state index in [0.29, 0.717) is 23.5 Å². The van der Waals surface area contributed by atoms with E-state index < -0.39 is 6.17 Å². The number of fused-ring (bicyclic) bond motifs is 1. The highest BCUT2D eigenvalue weighted by Crippen LogP contribution is 2.34. The van der Waals surface area contributed by atoms with E-state index in [2.05, 4.69) is 33.6 Å². The molecule has 0 aromatic heterocycles. The van der Waals surface area contributed by atoms with Crippen LogP contribution in [0.15, 0.2) is 77.3 Å². The van der Waals surface area contributed by atoms with Gasteiger partial charge in [0.25, 0.3) is 11.8 Å². The predicted octanol–water partition coefficient (Wildman–Crippen LogP) is 5.54. The molecule has 2 amide bonds. The van der Waals surface area contributed by atoms with Gasteiger partial charge >= 0.3 is 0 Å². The quantitative estimate of drug-likeness (QED) is 0.424. The minimum atomic E-state index is -0.575. The molecule has 1 atom stereocenters. The number of hydrogen-bond donors (Lipinski definition) is 2. The van der Waals surface area contributed by atoms with E-state index in [-0.39, 0.29) is 11.8 Å². The van der Waals surface area contributed by atoms with E-state index in [1.807, 2.05) is 36.4 Å². The number of ether oxygens (including phenoxy) is 1. The van der Waals surface area contributed by atoms with Gasteiger partial charge in [-0.2, -0.15) is 0 Å². The number of carbonyl (C=O) groups excluding carboxylic acids is 2. The predicted molar refractivity (Wildman–Crippen MR) is 127 cm³/mol. The minimum absolute atomic E-state index is 0.284. The van der Waals surface area contributed by atoms with Crippen molar-refractivity contribution < 1.29 is 14.3 Å². The Labute approximate surface area is 195 Å². The van der Waals surface area contributed by atoms with Gasteiger partial charge in [-0.1, -0.05) is 59.6 Å². The van der Waals surface area contributed by atoms with Crippen LogP contribution in [0.25, 0.3) is 0 Å². The SMILES string of the molecule is CCCCOc1ccc(C(=O)NN2C(=O)c3ccccc3NC2c2ccccc2Br)cc1. The molecule has 0 radical (unpaired) electrons. The maximum atomic E-state index is 13.3. The Hall–Kier alpha value is -3.32. The van der Waals surface area contributed by atoms with Crippen molar-refractivity contribution >= 4 is 33.4 Å². The van der Waals surface area contributed by atoms with Crippen LogP contribution in [-0.2, 0) is 0 Å². The van der Waals surface area contributed by atoms with E-state index in [4.69, 9.17) is 4.74 Å². The Morgan fingerprint density at radius 1 is 1.06 bits per heavy atom. The van der Waals surface area contributed by atoms with Crippen LogP contribution in [-0.4, -0.2) is 23.4 Å². The summed E-state index contributed by atoms with van der Waals surface area (Å²) in [6, 6.07) is 21.8. The van der Waals surface area contributed by atoms with Crippen molar-refractivity contribution in [2.45, 2.75) is 25.9 Å². The smallest absolute Gasteiger partial charge is 0.276 e. The largest absolute Gasteiger partial charge is 0.494 e. The Bertz CT molecular complexity index is 1120. The second kappa shape index (κ2) is 9.87. The van der Waals surface area contributed by atoms with Gasteiger partial charge in [-0.05, 0) is 48.9 Å². The molecule has 0 aliphatic carbocycles. The molecule has 3 aromatic rings. The first-order valence-electron chi connectivity index (χ1n) is 10.6. The fourth-order valence-corrected chi connectivity index (χ4v) is 4.00. The highest BCUT2D eigenvalue weighted by Gasteiger charge is 2.35. The monoisotopic (exact) mass is 493 g/mol. The zero-order valence-electron chi connectivity index (χ0n) is 17.7.